The van der Waals surface area contributed by atoms with Gasteiger partial charge in [0.05, 0.1) is 17.6 Å². The molecule has 3 nitrogen and oxygen atoms in total. The monoisotopic (exact) mass is 247 g/mol. The van der Waals surface area contributed by atoms with Crippen molar-refractivity contribution in [1.82, 2.24) is 4.98 Å². The molecule has 1 heterocycles. The molecule has 0 aromatic carbocycles. The summed E-state index contributed by atoms with van der Waals surface area (Å²) in [6, 6.07) is 4.95. The number of pyridine rings is 1. The lowest BCUT2D eigenvalue weighted by Gasteiger charge is -2.35. The number of aromatic nitrogens is 1. The van der Waals surface area contributed by atoms with E-state index in [4.69, 9.17) is 5.73 Å². The summed E-state index contributed by atoms with van der Waals surface area (Å²) in [4.78, 5) is 6.97. The van der Waals surface area contributed by atoms with Crippen LogP contribution in [0.25, 0.3) is 0 Å². The van der Waals surface area contributed by atoms with Gasteiger partial charge in [0.2, 0.25) is 0 Å². The smallest absolute Gasteiger partial charge is 0.0569 e. The van der Waals surface area contributed by atoms with Crippen LogP contribution in [0, 0.1) is 0 Å². The molecule has 1 fully saturated rings. The summed E-state index contributed by atoms with van der Waals surface area (Å²) in [5.41, 5.74) is 8.05. The van der Waals surface area contributed by atoms with Crippen LogP contribution < -0.4 is 10.6 Å². The average molecular weight is 247 g/mol. The molecule has 100 valence electrons. The average Bonchev–Trinajstić information content (AvgIpc) is 2.41. The molecule has 1 atom stereocenters. The van der Waals surface area contributed by atoms with Crippen LogP contribution in [-0.4, -0.2) is 17.6 Å². The zero-order chi connectivity index (χ0) is 13.0. The van der Waals surface area contributed by atoms with E-state index in [2.05, 4.69) is 28.9 Å². The molecule has 0 bridgehead atoms. The molecule has 3 heteroatoms. The molecule has 1 saturated carbocycles. The number of nitrogens with zero attached hydrogens (tertiary/aromatic N) is 2. The van der Waals surface area contributed by atoms with Gasteiger partial charge in [0.15, 0.2) is 0 Å². The first-order chi connectivity index (χ1) is 8.72. The molecule has 1 aliphatic rings. The Balaban J connectivity index is 2.11. The highest BCUT2D eigenvalue weighted by Crippen LogP contribution is 2.27. The highest BCUT2D eigenvalue weighted by Gasteiger charge is 2.20. The van der Waals surface area contributed by atoms with Crippen LogP contribution in [0.15, 0.2) is 18.3 Å². The van der Waals surface area contributed by atoms with E-state index in [0.717, 1.165) is 12.2 Å². The second kappa shape index (κ2) is 6.19. The maximum absolute atomic E-state index is 5.84. The van der Waals surface area contributed by atoms with Crippen molar-refractivity contribution in [3.63, 3.8) is 0 Å². The molecule has 0 aliphatic heterocycles. The SMILES string of the molecule is CCN(c1ccc([C@H](C)N)nc1)C1CCCCC1. The minimum atomic E-state index is 0.0174. The fraction of sp³-hybridized carbons (Fsp3) is 0.667. The minimum Gasteiger partial charge on any atom is -0.368 e. The predicted octanol–water partition coefficient (Wildman–Crippen LogP) is 3.26. The first-order valence-corrected chi connectivity index (χ1v) is 7.20. The van der Waals surface area contributed by atoms with Gasteiger partial charge in [0.1, 0.15) is 0 Å². The summed E-state index contributed by atoms with van der Waals surface area (Å²) in [6.07, 6.45) is 8.76. The van der Waals surface area contributed by atoms with E-state index in [1.807, 2.05) is 13.1 Å². The molecule has 1 aliphatic carbocycles. The second-order valence-corrected chi connectivity index (χ2v) is 5.31. The normalized spacial score (nSPS) is 18.6. The molecule has 1 aromatic rings. The van der Waals surface area contributed by atoms with Crippen LogP contribution in [0.2, 0.25) is 0 Å². The van der Waals surface area contributed by atoms with E-state index in [1.54, 1.807) is 0 Å². The van der Waals surface area contributed by atoms with Crippen molar-refractivity contribution in [2.45, 2.75) is 58.0 Å². The largest absolute Gasteiger partial charge is 0.368 e. The minimum absolute atomic E-state index is 0.0174. The molecule has 0 amide bonds. The topological polar surface area (TPSA) is 42.1 Å². The summed E-state index contributed by atoms with van der Waals surface area (Å²) < 4.78 is 0. The Morgan fingerprint density at radius 2 is 2.06 bits per heavy atom. The molecule has 1 aromatic heterocycles. The lowest BCUT2D eigenvalue weighted by molar-refractivity contribution is 0.418. The number of hydrogen-bond donors (Lipinski definition) is 1. The second-order valence-electron chi connectivity index (χ2n) is 5.31. The van der Waals surface area contributed by atoms with E-state index in [0.29, 0.717) is 6.04 Å². The maximum atomic E-state index is 5.84. The van der Waals surface area contributed by atoms with Crippen LogP contribution in [0.4, 0.5) is 5.69 Å². The highest BCUT2D eigenvalue weighted by molar-refractivity contribution is 5.46. The molecule has 2 rings (SSSR count). The zero-order valence-electron chi connectivity index (χ0n) is 11.6. The molecule has 18 heavy (non-hydrogen) atoms. The van der Waals surface area contributed by atoms with Gasteiger partial charge in [-0.2, -0.15) is 0 Å². The standard InChI is InChI=1S/C15H25N3/c1-3-18(13-7-5-4-6-8-13)14-9-10-15(12(2)16)17-11-14/h9-13H,3-8,16H2,1-2H3/t12-/m0/s1. The number of hydrogen-bond acceptors (Lipinski definition) is 3. The Morgan fingerprint density at radius 3 is 2.56 bits per heavy atom. The van der Waals surface area contributed by atoms with Gasteiger partial charge in [-0.15, -0.1) is 0 Å². The summed E-state index contributed by atoms with van der Waals surface area (Å²) in [5.74, 6) is 0. The van der Waals surface area contributed by atoms with Gasteiger partial charge in [0, 0.05) is 18.6 Å². The molecule has 0 spiro atoms. The van der Waals surface area contributed by atoms with Crippen LogP contribution in [0.3, 0.4) is 0 Å². The third kappa shape index (κ3) is 3.02. The van der Waals surface area contributed by atoms with Gasteiger partial charge in [0.25, 0.3) is 0 Å². The molecule has 0 radical (unpaired) electrons. The maximum Gasteiger partial charge on any atom is 0.0569 e. The van der Waals surface area contributed by atoms with E-state index >= 15 is 0 Å². The molecule has 0 unspecified atom stereocenters. The van der Waals surface area contributed by atoms with Crippen molar-refractivity contribution in [2.24, 2.45) is 5.73 Å². The predicted molar refractivity (Wildman–Crippen MR) is 76.7 cm³/mol. The van der Waals surface area contributed by atoms with E-state index in [-0.39, 0.29) is 6.04 Å². The molecule has 2 N–H and O–H groups in total. The van der Waals surface area contributed by atoms with Gasteiger partial charge in [-0.3, -0.25) is 4.98 Å². The first kappa shape index (κ1) is 13.3. The molecule has 0 saturated heterocycles. The summed E-state index contributed by atoms with van der Waals surface area (Å²) in [6.45, 7) is 5.26. The third-order valence-electron chi connectivity index (χ3n) is 3.93. The number of anilines is 1. The van der Waals surface area contributed by atoms with Crippen molar-refractivity contribution >= 4 is 5.69 Å². The van der Waals surface area contributed by atoms with Gasteiger partial charge in [-0.1, -0.05) is 19.3 Å². The fourth-order valence-corrected chi connectivity index (χ4v) is 2.88. The van der Waals surface area contributed by atoms with Crippen LogP contribution in [0.1, 0.15) is 57.7 Å². The van der Waals surface area contributed by atoms with Crippen molar-refractivity contribution in [3.8, 4) is 0 Å². The molecular weight excluding hydrogens is 222 g/mol. The van der Waals surface area contributed by atoms with Gasteiger partial charge in [-0.25, -0.2) is 0 Å². The van der Waals surface area contributed by atoms with Crippen LogP contribution in [0.5, 0.6) is 0 Å². The van der Waals surface area contributed by atoms with Crippen molar-refractivity contribution < 1.29 is 0 Å². The number of rotatable bonds is 4. The zero-order valence-corrected chi connectivity index (χ0v) is 11.6. The van der Waals surface area contributed by atoms with Crippen LogP contribution >= 0.6 is 0 Å². The first-order valence-electron chi connectivity index (χ1n) is 7.20. The quantitative estimate of drug-likeness (QED) is 0.888. The lowest BCUT2D eigenvalue weighted by Crippen LogP contribution is -2.36. The van der Waals surface area contributed by atoms with Crippen LogP contribution in [-0.2, 0) is 0 Å². The van der Waals surface area contributed by atoms with Crippen molar-refractivity contribution in [3.05, 3.63) is 24.0 Å². The summed E-state index contributed by atoms with van der Waals surface area (Å²) in [7, 11) is 0. The summed E-state index contributed by atoms with van der Waals surface area (Å²) >= 11 is 0. The van der Waals surface area contributed by atoms with Crippen molar-refractivity contribution in [2.75, 3.05) is 11.4 Å². The Labute approximate surface area is 110 Å². The highest BCUT2D eigenvalue weighted by atomic mass is 15.2. The van der Waals surface area contributed by atoms with E-state index in [9.17, 15) is 0 Å². The third-order valence-corrected chi connectivity index (χ3v) is 3.93. The van der Waals surface area contributed by atoms with Gasteiger partial charge >= 0.3 is 0 Å². The Bertz CT molecular complexity index is 353. The summed E-state index contributed by atoms with van der Waals surface area (Å²) in [5, 5.41) is 0. The van der Waals surface area contributed by atoms with E-state index < -0.39 is 0 Å². The molecular formula is C15H25N3. The fourth-order valence-electron chi connectivity index (χ4n) is 2.88. The van der Waals surface area contributed by atoms with Gasteiger partial charge in [-0.05, 0) is 38.8 Å². The van der Waals surface area contributed by atoms with Crippen molar-refractivity contribution in [1.29, 1.82) is 0 Å². The number of nitrogens with two attached hydrogens (primary N) is 1. The van der Waals surface area contributed by atoms with Gasteiger partial charge < -0.3 is 10.6 Å². The lowest BCUT2D eigenvalue weighted by atomic mass is 9.94. The Kier molecular flexibility index (Phi) is 4.59. The van der Waals surface area contributed by atoms with E-state index in [1.165, 1.54) is 37.8 Å². The Morgan fingerprint density at radius 1 is 1.33 bits per heavy atom. The Hall–Kier alpha value is -1.09.